The Kier molecular flexibility index (Phi) is 7.89. The molecule has 0 bridgehead atoms. The van der Waals surface area contributed by atoms with Gasteiger partial charge in [0.25, 0.3) is 0 Å². The number of nitrogens with one attached hydrogen (secondary N) is 1. The number of likely N-dealkylation sites (tertiary alicyclic amines) is 1. The molecule has 3 rings (SSSR count). The lowest BCUT2D eigenvalue weighted by Gasteiger charge is -2.37. The molecule has 2 saturated heterocycles. The van der Waals surface area contributed by atoms with Crippen molar-refractivity contribution in [1.29, 1.82) is 0 Å². The summed E-state index contributed by atoms with van der Waals surface area (Å²) < 4.78 is 0. The Balaban J connectivity index is 1.34. The van der Waals surface area contributed by atoms with Crippen LogP contribution in [0.4, 0.5) is 0 Å². The van der Waals surface area contributed by atoms with Gasteiger partial charge in [-0.1, -0.05) is 30.3 Å². The zero-order valence-electron chi connectivity index (χ0n) is 18.9. The van der Waals surface area contributed by atoms with Crippen LogP contribution < -0.4 is 5.32 Å². The van der Waals surface area contributed by atoms with Crippen LogP contribution in [-0.4, -0.2) is 84.4 Å². The van der Waals surface area contributed by atoms with Gasteiger partial charge in [-0.05, 0) is 64.6 Å². The highest BCUT2D eigenvalue weighted by Gasteiger charge is 2.26. The van der Waals surface area contributed by atoms with Gasteiger partial charge in [-0.15, -0.1) is 0 Å². The van der Waals surface area contributed by atoms with E-state index in [0.717, 1.165) is 38.5 Å². The molecule has 0 aliphatic carbocycles. The number of nitrogens with zero attached hydrogens (tertiary/aromatic N) is 3. The second-order valence-corrected chi connectivity index (χ2v) is 9.86. The van der Waals surface area contributed by atoms with Gasteiger partial charge in [-0.2, -0.15) is 0 Å². The third-order valence-corrected chi connectivity index (χ3v) is 6.04. The predicted octanol–water partition coefficient (Wildman–Crippen LogP) is 2.00. The van der Waals surface area contributed by atoms with E-state index in [1.807, 2.05) is 25.7 Å². The summed E-state index contributed by atoms with van der Waals surface area (Å²) in [4.78, 5) is 31.3. The van der Waals surface area contributed by atoms with E-state index in [-0.39, 0.29) is 17.4 Å². The highest BCUT2D eigenvalue weighted by molar-refractivity contribution is 5.79. The Hall–Kier alpha value is -1.92. The topological polar surface area (TPSA) is 55.9 Å². The molecule has 0 atom stereocenters. The van der Waals surface area contributed by atoms with Crippen molar-refractivity contribution in [3.63, 3.8) is 0 Å². The smallest absolute Gasteiger partial charge is 0.236 e. The van der Waals surface area contributed by atoms with E-state index in [0.29, 0.717) is 26.2 Å². The lowest BCUT2D eigenvalue weighted by molar-refractivity contribution is -0.134. The van der Waals surface area contributed by atoms with E-state index >= 15 is 0 Å². The van der Waals surface area contributed by atoms with Crippen LogP contribution in [0.1, 0.15) is 39.2 Å². The Morgan fingerprint density at radius 3 is 2.10 bits per heavy atom. The summed E-state index contributed by atoms with van der Waals surface area (Å²) in [5, 5.41) is 3.01. The largest absolute Gasteiger partial charge is 0.350 e. The van der Waals surface area contributed by atoms with Gasteiger partial charge in [0.2, 0.25) is 11.8 Å². The maximum Gasteiger partial charge on any atom is 0.236 e. The fourth-order valence-corrected chi connectivity index (χ4v) is 4.40. The summed E-state index contributed by atoms with van der Waals surface area (Å²) in [5.41, 5.74) is 1.21. The van der Waals surface area contributed by atoms with Crippen molar-refractivity contribution in [2.75, 3.05) is 52.4 Å². The molecule has 6 heteroatoms. The summed E-state index contributed by atoms with van der Waals surface area (Å²) in [6.07, 6.45) is 3.48. The highest BCUT2D eigenvalue weighted by atomic mass is 16.2. The zero-order chi connectivity index (χ0) is 21.6. The van der Waals surface area contributed by atoms with Gasteiger partial charge in [-0.3, -0.25) is 19.4 Å². The van der Waals surface area contributed by atoms with Crippen molar-refractivity contribution >= 4 is 11.8 Å². The van der Waals surface area contributed by atoms with E-state index in [1.165, 1.54) is 18.4 Å². The number of benzene rings is 1. The van der Waals surface area contributed by atoms with Gasteiger partial charge in [0.05, 0.1) is 13.1 Å². The first-order valence-corrected chi connectivity index (χ1v) is 11.4. The fraction of sp³-hybridized carbons (Fsp3) is 0.667. The van der Waals surface area contributed by atoms with Crippen molar-refractivity contribution in [3.05, 3.63) is 35.9 Å². The molecule has 1 N–H and O–H groups in total. The number of carbonyl (C=O) groups excluding carboxylic acids is 2. The standard InChI is InChI=1S/C24H38N4O2/c1-24(2,3)25-22(29)18-27-13-15-28(16-14-27)23(30)19-26-11-9-21(10-12-26)17-20-7-5-4-6-8-20/h4-8,21H,9-19H2,1-3H3,(H,25,29). The average Bonchev–Trinajstić information content (AvgIpc) is 2.69. The van der Waals surface area contributed by atoms with Crippen LogP contribution in [-0.2, 0) is 16.0 Å². The number of amides is 2. The van der Waals surface area contributed by atoms with Crippen LogP contribution in [0.2, 0.25) is 0 Å². The van der Waals surface area contributed by atoms with Crippen LogP contribution in [0.5, 0.6) is 0 Å². The average molecular weight is 415 g/mol. The zero-order valence-corrected chi connectivity index (χ0v) is 18.9. The summed E-state index contributed by atoms with van der Waals surface area (Å²) >= 11 is 0. The predicted molar refractivity (Wildman–Crippen MR) is 120 cm³/mol. The molecule has 166 valence electrons. The van der Waals surface area contributed by atoms with Crippen LogP contribution in [0.25, 0.3) is 0 Å². The summed E-state index contributed by atoms with van der Waals surface area (Å²) in [5.74, 6) is 1.01. The van der Waals surface area contributed by atoms with Crippen molar-refractivity contribution in [2.45, 2.75) is 45.6 Å². The SMILES string of the molecule is CC(C)(C)NC(=O)CN1CCN(C(=O)CN2CCC(Cc3ccccc3)CC2)CC1. The Bertz CT molecular complexity index is 685. The first-order valence-electron chi connectivity index (χ1n) is 11.4. The summed E-state index contributed by atoms with van der Waals surface area (Å²) in [6, 6.07) is 10.7. The van der Waals surface area contributed by atoms with Gasteiger partial charge in [0.15, 0.2) is 0 Å². The van der Waals surface area contributed by atoms with E-state index in [9.17, 15) is 9.59 Å². The first kappa shape index (κ1) is 22.8. The highest BCUT2D eigenvalue weighted by Crippen LogP contribution is 2.21. The molecule has 2 aliphatic heterocycles. The monoisotopic (exact) mass is 414 g/mol. The second-order valence-electron chi connectivity index (χ2n) is 9.86. The Morgan fingerprint density at radius 1 is 0.900 bits per heavy atom. The van der Waals surface area contributed by atoms with Gasteiger partial charge in [-0.25, -0.2) is 0 Å². The lowest BCUT2D eigenvalue weighted by atomic mass is 9.90. The number of carbonyl (C=O) groups is 2. The molecule has 1 aromatic rings. The van der Waals surface area contributed by atoms with Gasteiger partial charge in [0, 0.05) is 31.7 Å². The minimum absolute atomic E-state index is 0.0562. The molecule has 0 spiro atoms. The van der Waals surface area contributed by atoms with Crippen molar-refractivity contribution in [2.24, 2.45) is 5.92 Å². The maximum atomic E-state index is 12.7. The van der Waals surface area contributed by atoms with Gasteiger partial charge in [0.1, 0.15) is 0 Å². The molecule has 2 fully saturated rings. The lowest BCUT2D eigenvalue weighted by Crippen LogP contribution is -2.54. The molecule has 0 unspecified atom stereocenters. The van der Waals surface area contributed by atoms with Crippen LogP contribution >= 0.6 is 0 Å². The molecule has 6 nitrogen and oxygen atoms in total. The number of piperazine rings is 1. The second kappa shape index (κ2) is 10.4. The fourth-order valence-electron chi connectivity index (χ4n) is 4.40. The molecular weight excluding hydrogens is 376 g/mol. The molecule has 2 aliphatic rings. The maximum absolute atomic E-state index is 12.7. The van der Waals surface area contributed by atoms with Crippen LogP contribution in [0.15, 0.2) is 30.3 Å². The van der Waals surface area contributed by atoms with E-state index < -0.39 is 0 Å². The number of rotatable bonds is 6. The van der Waals surface area contributed by atoms with E-state index in [2.05, 4.69) is 45.4 Å². The van der Waals surface area contributed by atoms with E-state index in [4.69, 9.17) is 0 Å². The quantitative estimate of drug-likeness (QED) is 0.774. The minimum Gasteiger partial charge on any atom is -0.350 e. The molecule has 2 amide bonds. The summed E-state index contributed by atoms with van der Waals surface area (Å²) in [7, 11) is 0. The third-order valence-electron chi connectivity index (χ3n) is 6.04. The van der Waals surface area contributed by atoms with Crippen molar-refractivity contribution < 1.29 is 9.59 Å². The summed E-state index contributed by atoms with van der Waals surface area (Å²) in [6.45, 7) is 11.9. The third kappa shape index (κ3) is 7.40. The Labute approximate surface area is 181 Å². The molecule has 30 heavy (non-hydrogen) atoms. The molecule has 0 saturated carbocycles. The molecule has 2 heterocycles. The van der Waals surface area contributed by atoms with Crippen LogP contribution in [0, 0.1) is 5.92 Å². The minimum atomic E-state index is -0.205. The van der Waals surface area contributed by atoms with Crippen molar-refractivity contribution in [3.8, 4) is 0 Å². The van der Waals surface area contributed by atoms with E-state index in [1.54, 1.807) is 0 Å². The normalized spacial score (nSPS) is 19.6. The van der Waals surface area contributed by atoms with Crippen LogP contribution in [0.3, 0.4) is 0 Å². The van der Waals surface area contributed by atoms with Gasteiger partial charge < -0.3 is 10.2 Å². The molecule has 0 aromatic heterocycles. The molecule has 0 radical (unpaired) electrons. The van der Waals surface area contributed by atoms with Gasteiger partial charge >= 0.3 is 0 Å². The number of hydrogen-bond acceptors (Lipinski definition) is 4. The van der Waals surface area contributed by atoms with Crippen molar-refractivity contribution in [1.82, 2.24) is 20.0 Å². The Morgan fingerprint density at radius 2 is 1.50 bits per heavy atom. The number of piperidine rings is 1. The molecule has 1 aromatic carbocycles. The first-order chi connectivity index (χ1) is 14.3. The number of hydrogen-bond donors (Lipinski definition) is 1. The molecular formula is C24H38N4O2.